The summed E-state index contributed by atoms with van der Waals surface area (Å²) in [4.78, 5) is 15.3. The van der Waals surface area contributed by atoms with Crippen LogP contribution >= 0.6 is 0 Å². The third-order valence-electron chi connectivity index (χ3n) is 3.87. The van der Waals surface area contributed by atoms with E-state index in [1.54, 1.807) is 0 Å². The zero-order valence-electron chi connectivity index (χ0n) is 12.0. The highest BCUT2D eigenvalue weighted by Gasteiger charge is 2.06. The second-order valence-electron chi connectivity index (χ2n) is 5.35. The molecule has 106 valence electrons. The zero-order chi connectivity index (χ0) is 14.8. The Hall–Kier alpha value is -2.42. The summed E-state index contributed by atoms with van der Waals surface area (Å²) in [5.74, 6) is -0.736. The molecule has 1 N–H and O–H groups in total. The van der Waals surface area contributed by atoms with Crippen molar-refractivity contribution in [1.29, 1.82) is 0 Å². The van der Waals surface area contributed by atoms with Gasteiger partial charge < -0.3 is 5.11 Å². The number of rotatable bonds is 4. The molecule has 0 atom stereocenters. The van der Waals surface area contributed by atoms with E-state index in [0.717, 1.165) is 22.8 Å². The predicted molar refractivity (Wildman–Crippen MR) is 84.6 cm³/mol. The molecule has 3 rings (SSSR count). The number of carboxylic acids is 1. The minimum absolute atomic E-state index is 0.215. The molecule has 0 saturated carbocycles. The number of carboxylic acid groups (broad SMARTS) is 1. The molecule has 0 aliphatic rings. The van der Waals surface area contributed by atoms with E-state index in [4.69, 9.17) is 10.1 Å². The van der Waals surface area contributed by atoms with Crippen LogP contribution in [0.1, 0.15) is 24.0 Å². The van der Waals surface area contributed by atoms with E-state index in [9.17, 15) is 4.79 Å². The molecule has 21 heavy (non-hydrogen) atoms. The van der Waals surface area contributed by atoms with Crippen LogP contribution in [0.3, 0.4) is 0 Å². The second kappa shape index (κ2) is 5.52. The molecule has 1 aromatic heterocycles. The van der Waals surface area contributed by atoms with Gasteiger partial charge in [0.25, 0.3) is 0 Å². The molecule has 0 spiro atoms. The quantitative estimate of drug-likeness (QED) is 0.731. The number of hydrogen-bond acceptors (Lipinski definition) is 2. The van der Waals surface area contributed by atoms with Gasteiger partial charge in [-0.15, -0.1) is 0 Å². The lowest BCUT2D eigenvalue weighted by Gasteiger charge is -2.08. The molecular formula is C18H17NO2. The van der Waals surface area contributed by atoms with Crippen molar-refractivity contribution >= 4 is 27.8 Å². The summed E-state index contributed by atoms with van der Waals surface area (Å²) in [6, 6.07) is 14.4. The minimum atomic E-state index is -0.736. The maximum absolute atomic E-state index is 10.6. The first-order valence-electron chi connectivity index (χ1n) is 7.15. The van der Waals surface area contributed by atoms with E-state index in [0.29, 0.717) is 6.42 Å². The molecule has 0 saturated heterocycles. The molecule has 0 aliphatic heterocycles. The van der Waals surface area contributed by atoms with Gasteiger partial charge in [-0.25, -0.2) is 4.98 Å². The topological polar surface area (TPSA) is 50.2 Å². The molecule has 3 nitrogen and oxygen atoms in total. The van der Waals surface area contributed by atoms with Gasteiger partial charge in [-0.05, 0) is 49.1 Å². The summed E-state index contributed by atoms with van der Waals surface area (Å²) in [5, 5.41) is 11.0. The minimum Gasteiger partial charge on any atom is -0.481 e. The van der Waals surface area contributed by atoms with Crippen molar-refractivity contribution in [2.45, 2.75) is 26.2 Å². The Morgan fingerprint density at radius 3 is 2.67 bits per heavy atom. The number of fused-ring (bicyclic) bond motifs is 2. The average Bonchev–Trinajstić information content (AvgIpc) is 2.48. The van der Waals surface area contributed by atoms with Crippen molar-refractivity contribution in [1.82, 2.24) is 4.98 Å². The van der Waals surface area contributed by atoms with Crippen molar-refractivity contribution in [3.05, 3.63) is 53.6 Å². The summed E-state index contributed by atoms with van der Waals surface area (Å²) in [6.07, 6.45) is 1.67. The summed E-state index contributed by atoms with van der Waals surface area (Å²) in [5.41, 5.74) is 4.41. The number of nitrogens with zero attached hydrogens (tertiary/aromatic N) is 1. The highest BCUT2D eigenvalue weighted by atomic mass is 16.4. The van der Waals surface area contributed by atoms with E-state index in [2.05, 4.69) is 19.1 Å². The second-order valence-corrected chi connectivity index (χ2v) is 5.35. The molecule has 0 amide bonds. The SMILES string of the molecule is Cc1c2ccccc2nc2ccc(CCCC(=O)O)cc12. The van der Waals surface area contributed by atoms with Crippen LogP contribution < -0.4 is 0 Å². The van der Waals surface area contributed by atoms with Crippen LogP contribution in [0.5, 0.6) is 0 Å². The van der Waals surface area contributed by atoms with Gasteiger partial charge in [-0.1, -0.05) is 24.3 Å². The Morgan fingerprint density at radius 2 is 1.86 bits per heavy atom. The maximum atomic E-state index is 10.6. The Balaban J connectivity index is 2.02. The molecule has 0 fully saturated rings. The first-order valence-corrected chi connectivity index (χ1v) is 7.15. The molecule has 0 radical (unpaired) electrons. The maximum Gasteiger partial charge on any atom is 0.303 e. The third kappa shape index (κ3) is 2.72. The summed E-state index contributed by atoms with van der Waals surface area (Å²) >= 11 is 0. The lowest BCUT2D eigenvalue weighted by molar-refractivity contribution is -0.137. The van der Waals surface area contributed by atoms with Crippen LogP contribution in [-0.4, -0.2) is 16.1 Å². The van der Waals surface area contributed by atoms with Crippen molar-refractivity contribution < 1.29 is 9.90 Å². The Kier molecular flexibility index (Phi) is 3.57. The summed E-state index contributed by atoms with van der Waals surface area (Å²) in [7, 11) is 0. The fourth-order valence-corrected chi connectivity index (χ4v) is 2.74. The van der Waals surface area contributed by atoms with Crippen molar-refractivity contribution in [3.63, 3.8) is 0 Å². The molecule has 3 aromatic rings. The normalized spacial score (nSPS) is 11.1. The molecule has 3 heteroatoms. The predicted octanol–water partition coefficient (Wildman–Crippen LogP) is 4.10. The van der Waals surface area contributed by atoms with E-state index in [-0.39, 0.29) is 6.42 Å². The molecule has 0 aliphatic carbocycles. The summed E-state index contributed by atoms with van der Waals surface area (Å²) in [6.45, 7) is 2.12. The number of pyridine rings is 1. The van der Waals surface area contributed by atoms with E-state index < -0.39 is 5.97 Å². The molecular weight excluding hydrogens is 262 g/mol. The number of para-hydroxylation sites is 1. The molecule has 2 aromatic carbocycles. The highest BCUT2D eigenvalue weighted by Crippen LogP contribution is 2.26. The molecule has 0 unspecified atom stereocenters. The summed E-state index contributed by atoms with van der Waals surface area (Å²) < 4.78 is 0. The zero-order valence-corrected chi connectivity index (χ0v) is 12.0. The highest BCUT2D eigenvalue weighted by molar-refractivity contribution is 5.97. The van der Waals surface area contributed by atoms with E-state index >= 15 is 0 Å². The number of aliphatic carboxylic acids is 1. The number of aromatic nitrogens is 1. The Morgan fingerprint density at radius 1 is 1.10 bits per heavy atom. The van der Waals surface area contributed by atoms with Gasteiger partial charge in [0.2, 0.25) is 0 Å². The Labute approximate surface area is 123 Å². The van der Waals surface area contributed by atoms with Gasteiger partial charge in [0.1, 0.15) is 0 Å². The van der Waals surface area contributed by atoms with Gasteiger partial charge in [0, 0.05) is 17.2 Å². The van der Waals surface area contributed by atoms with Crippen LogP contribution in [0.25, 0.3) is 21.8 Å². The van der Waals surface area contributed by atoms with Gasteiger partial charge in [-0.2, -0.15) is 0 Å². The first-order chi connectivity index (χ1) is 10.1. The lowest BCUT2D eigenvalue weighted by atomic mass is 10.00. The smallest absolute Gasteiger partial charge is 0.303 e. The van der Waals surface area contributed by atoms with Crippen molar-refractivity contribution in [2.75, 3.05) is 0 Å². The molecule has 0 bridgehead atoms. The van der Waals surface area contributed by atoms with E-state index in [1.807, 2.05) is 30.3 Å². The average molecular weight is 279 g/mol. The Bertz CT molecular complexity index is 824. The van der Waals surface area contributed by atoms with Crippen LogP contribution in [0.4, 0.5) is 0 Å². The monoisotopic (exact) mass is 279 g/mol. The van der Waals surface area contributed by atoms with Crippen LogP contribution in [0, 0.1) is 6.92 Å². The fourth-order valence-electron chi connectivity index (χ4n) is 2.74. The largest absolute Gasteiger partial charge is 0.481 e. The van der Waals surface area contributed by atoms with Crippen LogP contribution in [-0.2, 0) is 11.2 Å². The number of benzene rings is 2. The standard InChI is InChI=1S/C18H17NO2/c1-12-14-6-2-3-7-16(14)19-17-10-9-13(11-15(12)17)5-4-8-18(20)21/h2-3,6-7,9-11H,4-5,8H2,1H3,(H,20,21). The molecule has 1 heterocycles. The van der Waals surface area contributed by atoms with Gasteiger partial charge in [0.05, 0.1) is 11.0 Å². The van der Waals surface area contributed by atoms with Gasteiger partial charge in [0.15, 0.2) is 0 Å². The van der Waals surface area contributed by atoms with Crippen molar-refractivity contribution in [2.24, 2.45) is 0 Å². The van der Waals surface area contributed by atoms with Gasteiger partial charge >= 0.3 is 5.97 Å². The number of hydrogen-bond donors (Lipinski definition) is 1. The number of aryl methyl sites for hydroxylation is 2. The first kappa shape index (κ1) is 13.6. The third-order valence-corrected chi connectivity index (χ3v) is 3.87. The van der Waals surface area contributed by atoms with Crippen molar-refractivity contribution in [3.8, 4) is 0 Å². The van der Waals surface area contributed by atoms with Crippen LogP contribution in [0.15, 0.2) is 42.5 Å². The van der Waals surface area contributed by atoms with Crippen LogP contribution in [0.2, 0.25) is 0 Å². The lowest BCUT2D eigenvalue weighted by Crippen LogP contribution is -1.96. The fraction of sp³-hybridized carbons (Fsp3) is 0.222. The van der Waals surface area contributed by atoms with Gasteiger partial charge in [-0.3, -0.25) is 4.79 Å². The number of carbonyl (C=O) groups is 1. The van der Waals surface area contributed by atoms with E-state index in [1.165, 1.54) is 16.5 Å².